The molecule has 1 aromatic rings. The zero-order valence-corrected chi connectivity index (χ0v) is 14.4. The first-order valence-corrected chi connectivity index (χ1v) is 8.09. The Kier molecular flexibility index (Phi) is 4.74. The summed E-state index contributed by atoms with van der Waals surface area (Å²) in [6.07, 6.45) is 3.51. The van der Waals surface area contributed by atoms with Crippen molar-refractivity contribution in [1.29, 1.82) is 0 Å². The Labute approximate surface area is 135 Å². The normalized spacial score (nSPS) is 20.4. The van der Waals surface area contributed by atoms with Crippen molar-refractivity contribution in [2.24, 2.45) is 0 Å². The van der Waals surface area contributed by atoms with Crippen molar-refractivity contribution in [2.75, 3.05) is 11.5 Å². The first kappa shape index (κ1) is 17.1. The zero-order valence-electron chi connectivity index (χ0n) is 13.6. The van der Waals surface area contributed by atoms with E-state index in [0.717, 1.165) is 11.0 Å². The van der Waals surface area contributed by atoms with Crippen molar-refractivity contribution < 1.29 is 14.1 Å². The number of rotatable bonds is 4. The molecule has 0 amide bonds. The Morgan fingerprint density at radius 3 is 2.45 bits per heavy atom. The van der Waals surface area contributed by atoms with Crippen LogP contribution in [-0.4, -0.2) is 39.4 Å². The average molecular weight is 323 g/mol. The maximum Gasteiger partial charge on any atom is 0.491 e. The van der Waals surface area contributed by atoms with E-state index in [-0.39, 0.29) is 5.12 Å². The highest BCUT2D eigenvalue weighted by atomic mass is 32.2. The number of nitrogens with one attached hydrogen (secondary N) is 1. The van der Waals surface area contributed by atoms with Crippen molar-refractivity contribution in [3.05, 3.63) is 17.2 Å². The fraction of sp³-hybridized carbons (Fsp3) is 0.571. The standard InChI is InChI=1S/C14H22BN3O3S/c1-9(19)22-8-11(6-10-7-17-18-12(10)16)15-20-13(2,3)14(4,5)21-15/h6-7H,8H2,1-5H3,(H3,16,17,18). The molecular weight excluding hydrogens is 301 g/mol. The van der Waals surface area contributed by atoms with Crippen molar-refractivity contribution in [3.8, 4) is 0 Å². The third-order valence-corrected chi connectivity index (χ3v) is 4.92. The van der Waals surface area contributed by atoms with Crippen LogP contribution >= 0.6 is 11.8 Å². The van der Waals surface area contributed by atoms with E-state index in [1.807, 2.05) is 33.8 Å². The SMILES string of the molecule is CC(=O)SCC(=Cc1cn[nH]c1N)B1OC(C)(C)C(C)(C)O1. The van der Waals surface area contributed by atoms with Crippen LogP contribution in [0.1, 0.15) is 40.2 Å². The van der Waals surface area contributed by atoms with Gasteiger partial charge in [0.2, 0.25) is 0 Å². The summed E-state index contributed by atoms with van der Waals surface area (Å²) < 4.78 is 12.1. The van der Waals surface area contributed by atoms with Gasteiger partial charge in [-0.15, -0.1) is 0 Å². The Morgan fingerprint density at radius 1 is 1.41 bits per heavy atom. The van der Waals surface area contributed by atoms with Gasteiger partial charge in [0, 0.05) is 18.2 Å². The van der Waals surface area contributed by atoms with Gasteiger partial charge >= 0.3 is 7.12 Å². The predicted molar refractivity (Wildman–Crippen MR) is 90.2 cm³/mol. The molecule has 0 aliphatic carbocycles. The Balaban J connectivity index is 2.28. The molecule has 0 atom stereocenters. The van der Waals surface area contributed by atoms with Gasteiger partial charge in [-0.05, 0) is 33.2 Å². The first-order valence-electron chi connectivity index (χ1n) is 7.11. The fourth-order valence-corrected chi connectivity index (χ4v) is 2.57. The highest BCUT2D eigenvalue weighted by Crippen LogP contribution is 2.39. The van der Waals surface area contributed by atoms with Crippen LogP contribution in [0.25, 0.3) is 6.08 Å². The topological polar surface area (TPSA) is 90.2 Å². The number of nitrogens with two attached hydrogens (primary N) is 1. The van der Waals surface area contributed by atoms with Gasteiger partial charge < -0.3 is 15.0 Å². The minimum atomic E-state index is -0.508. The van der Waals surface area contributed by atoms with Gasteiger partial charge in [0.05, 0.1) is 17.4 Å². The van der Waals surface area contributed by atoms with E-state index in [2.05, 4.69) is 10.2 Å². The summed E-state index contributed by atoms with van der Waals surface area (Å²) in [5.41, 5.74) is 6.58. The monoisotopic (exact) mass is 323 g/mol. The van der Waals surface area contributed by atoms with E-state index in [1.165, 1.54) is 11.8 Å². The minimum absolute atomic E-state index is 0.0441. The van der Waals surface area contributed by atoms with Gasteiger partial charge in [-0.2, -0.15) is 5.10 Å². The number of H-pyrrole nitrogens is 1. The number of thioether (sulfide) groups is 1. The summed E-state index contributed by atoms with van der Waals surface area (Å²) in [6.45, 7) is 9.52. The molecule has 0 bridgehead atoms. The minimum Gasteiger partial charge on any atom is -0.400 e. The highest BCUT2D eigenvalue weighted by Gasteiger charge is 2.52. The van der Waals surface area contributed by atoms with E-state index in [0.29, 0.717) is 11.6 Å². The molecule has 0 aromatic carbocycles. The maximum absolute atomic E-state index is 11.3. The Bertz CT molecular complexity index is 582. The van der Waals surface area contributed by atoms with Crippen molar-refractivity contribution in [1.82, 2.24) is 10.2 Å². The first-order chi connectivity index (χ1) is 10.1. The lowest BCUT2D eigenvalue weighted by atomic mass is 9.78. The second kappa shape index (κ2) is 6.10. The predicted octanol–water partition coefficient (Wildman–Crippen LogP) is 2.29. The quantitative estimate of drug-likeness (QED) is 0.826. The van der Waals surface area contributed by atoms with Crippen LogP contribution in [0.4, 0.5) is 5.82 Å². The van der Waals surface area contributed by atoms with E-state index in [4.69, 9.17) is 15.0 Å². The Hall–Kier alpha value is -1.25. The molecule has 2 heterocycles. The third kappa shape index (κ3) is 3.56. The van der Waals surface area contributed by atoms with Crippen molar-refractivity contribution in [3.63, 3.8) is 0 Å². The van der Waals surface area contributed by atoms with E-state index in [9.17, 15) is 4.79 Å². The van der Waals surface area contributed by atoms with Gasteiger partial charge in [0.1, 0.15) is 5.82 Å². The average Bonchev–Trinajstić information content (AvgIpc) is 2.86. The molecule has 3 N–H and O–H groups in total. The molecule has 2 rings (SSSR count). The smallest absolute Gasteiger partial charge is 0.400 e. The molecule has 6 nitrogen and oxygen atoms in total. The third-order valence-electron chi connectivity index (χ3n) is 4.04. The van der Waals surface area contributed by atoms with Gasteiger partial charge in [0.25, 0.3) is 0 Å². The molecule has 1 aliphatic rings. The van der Waals surface area contributed by atoms with Gasteiger partial charge in [-0.1, -0.05) is 17.8 Å². The number of anilines is 1. The van der Waals surface area contributed by atoms with Crippen LogP contribution in [0, 0.1) is 0 Å². The van der Waals surface area contributed by atoms with E-state index >= 15 is 0 Å². The lowest BCUT2D eigenvalue weighted by Gasteiger charge is -2.32. The lowest BCUT2D eigenvalue weighted by Crippen LogP contribution is -2.41. The van der Waals surface area contributed by atoms with Gasteiger partial charge in [-0.3, -0.25) is 9.89 Å². The lowest BCUT2D eigenvalue weighted by molar-refractivity contribution is -0.109. The van der Waals surface area contributed by atoms with Crippen molar-refractivity contribution >= 4 is 35.9 Å². The molecule has 1 saturated heterocycles. The highest BCUT2D eigenvalue weighted by molar-refractivity contribution is 8.13. The molecule has 8 heteroatoms. The summed E-state index contributed by atoms with van der Waals surface area (Å²) in [5, 5.41) is 6.64. The number of carbonyl (C=O) groups excluding carboxylic acids is 1. The van der Waals surface area contributed by atoms with Crippen molar-refractivity contribution in [2.45, 2.75) is 45.8 Å². The number of carbonyl (C=O) groups is 1. The summed E-state index contributed by atoms with van der Waals surface area (Å²) in [7, 11) is -0.508. The van der Waals surface area contributed by atoms with E-state index in [1.54, 1.807) is 13.1 Å². The van der Waals surface area contributed by atoms with Crippen LogP contribution in [0.2, 0.25) is 0 Å². The maximum atomic E-state index is 11.3. The zero-order chi connectivity index (χ0) is 16.5. The molecule has 22 heavy (non-hydrogen) atoms. The second-order valence-corrected chi connectivity index (χ2v) is 7.48. The fourth-order valence-electron chi connectivity index (χ4n) is 1.98. The molecular formula is C14H22BN3O3S. The summed E-state index contributed by atoms with van der Waals surface area (Å²) in [6, 6.07) is 0. The van der Waals surface area contributed by atoms with Crippen LogP contribution in [0.5, 0.6) is 0 Å². The van der Waals surface area contributed by atoms with Crippen LogP contribution in [0.3, 0.4) is 0 Å². The summed E-state index contributed by atoms with van der Waals surface area (Å²) >= 11 is 1.22. The number of aromatic nitrogens is 2. The molecule has 1 aromatic heterocycles. The van der Waals surface area contributed by atoms with Crippen LogP contribution in [-0.2, 0) is 14.1 Å². The summed E-state index contributed by atoms with van der Waals surface area (Å²) in [4.78, 5) is 11.3. The van der Waals surface area contributed by atoms with Gasteiger partial charge in [-0.25, -0.2) is 0 Å². The largest absolute Gasteiger partial charge is 0.491 e. The number of aromatic amines is 1. The molecule has 0 unspecified atom stereocenters. The van der Waals surface area contributed by atoms with E-state index < -0.39 is 18.3 Å². The van der Waals surface area contributed by atoms with Crippen LogP contribution in [0.15, 0.2) is 11.7 Å². The Morgan fingerprint density at radius 2 is 2.00 bits per heavy atom. The molecule has 0 saturated carbocycles. The van der Waals surface area contributed by atoms with Gasteiger partial charge in [0.15, 0.2) is 5.12 Å². The molecule has 0 radical (unpaired) electrons. The number of nitrogen functional groups attached to an aromatic ring is 1. The number of hydrogen-bond donors (Lipinski definition) is 2. The second-order valence-electron chi connectivity index (χ2n) is 6.33. The number of hydrogen-bond acceptors (Lipinski definition) is 6. The number of nitrogens with zero attached hydrogens (tertiary/aromatic N) is 1. The molecule has 120 valence electrons. The molecule has 1 fully saturated rings. The summed E-state index contributed by atoms with van der Waals surface area (Å²) in [5.74, 6) is 0.957. The molecule has 1 aliphatic heterocycles. The van der Waals surface area contributed by atoms with Crippen LogP contribution < -0.4 is 5.73 Å². The molecule has 0 spiro atoms.